The van der Waals surface area contributed by atoms with E-state index in [1.165, 1.54) is 0 Å². The van der Waals surface area contributed by atoms with Gasteiger partial charge in [0.25, 0.3) is 0 Å². The van der Waals surface area contributed by atoms with Gasteiger partial charge in [0.1, 0.15) is 5.69 Å². The van der Waals surface area contributed by atoms with Crippen LogP contribution in [0.2, 0.25) is 0 Å². The van der Waals surface area contributed by atoms with E-state index in [4.69, 9.17) is 4.74 Å². The molecule has 1 amide bonds. The second kappa shape index (κ2) is 9.89. The third-order valence-corrected chi connectivity index (χ3v) is 5.67. The largest absolute Gasteiger partial charge is 0.461 e. The summed E-state index contributed by atoms with van der Waals surface area (Å²) in [6, 6.07) is 0. The predicted molar refractivity (Wildman–Crippen MR) is 109 cm³/mol. The third kappa shape index (κ3) is 4.47. The van der Waals surface area contributed by atoms with Crippen LogP contribution in [-0.2, 0) is 16.1 Å². The standard InChI is InChI=1S/C22H34N2O4/c1-6-13-23(21(26)17-11-9-10-12-17)14-18(25)19-15(4)20(22(27)28-8-3)24(7-2)16(19)5/h17H,6-14H2,1-5H3. The van der Waals surface area contributed by atoms with Crippen LogP contribution in [-0.4, -0.2) is 46.8 Å². The molecule has 1 saturated carbocycles. The normalized spacial score (nSPS) is 14.3. The molecule has 0 bridgehead atoms. The maximum absolute atomic E-state index is 13.2. The Kier molecular flexibility index (Phi) is 7.84. The number of nitrogens with zero attached hydrogens (tertiary/aromatic N) is 2. The number of carbonyl (C=O) groups is 3. The molecule has 6 nitrogen and oxygen atoms in total. The molecule has 156 valence electrons. The van der Waals surface area contributed by atoms with Crippen LogP contribution in [0.5, 0.6) is 0 Å². The molecule has 0 aromatic carbocycles. The lowest BCUT2D eigenvalue weighted by Gasteiger charge is -2.24. The maximum Gasteiger partial charge on any atom is 0.355 e. The van der Waals surface area contributed by atoms with Gasteiger partial charge >= 0.3 is 5.97 Å². The van der Waals surface area contributed by atoms with Gasteiger partial charge < -0.3 is 14.2 Å². The third-order valence-electron chi connectivity index (χ3n) is 5.67. The number of ketones is 1. The van der Waals surface area contributed by atoms with Gasteiger partial charge in [0.2, 0.25) is 5.91 Å². The van der Waals surface area contributed by atoms with E-state index in [0.29, 0.717) is 29.9 Å². The quantitative estimate of drug-likeness (QED) is 0.473. The van der Waals surface area contributed by atoms with E-state index in [-0.39, 0.29) is 30.8 Å². The number of aromatic nitrogens is 1. The van der Waals surface area contributed by atoms with Crippen molar-refractivity contribution >= 4 is 17.7 Å². The second-order valence-corrected chi connectivity index (χ2v) is 7.56. The molecule has 2 rings (SSSR count). The Balaban J connectivity index is 2.31. The summed E-state index contributed by atoms with van der Waals surface area (Å²) in [6.45, 7) is 10.9. The number of ether oxygens (including phenoxy) is 1. The van der Waals surface area contributed by atoms with Gasteiger partial charge in [0.15, 0.2) is 5.78 Å². The van der Waals surface area contributed by atoms with Gasteiger partial charge in [-0.2, -0.15) is 0 Å². The lowest BCUT2D eigenvalue weighted by molar-refractivity contribution is -0.134. The summed E-state index contributed by atoms with van der Waals surface area (Å²) < 4.78 is 7.03. The smallest absolute Gasteiger partial charge is 0.355 e. The molecule has 0 N–H and O–H groups in total. The molecule has 0 spiro atoms. The summed E-state index contributed by atoms with van der Waals surface area (Å²) >= 11 is 0. The number of carbonyl (C=O) groups excluding carboxylic acids is 3. The molecule has 28 heavy (non-hydrogen) atoms. The highest BCUT2D eigenvalue weighted by atomic mass is 16.5. The predicted octanol–water partition coefficient (Wildman–Crippen LogP) is 3.91. The number of amides is 1. The fourth-order valence-electron chi connectivity index (χ4n) is 4.38. The van der Waals surface area contributed by atoms with E-state index in [1.54, 1.807) is 18.7 Å². The molecule has 1 aliphatic rings. The summed E-state index contributed by atoms with van der Waals surface area (Å²) in [4.78, 5) is 40.2. The zero-order chi connectivity index (χ0) is 20.8. The number of Topliss-reactive ketones (excluding diaryl/α,β-unsaturated/α-hetero) is 1. The van der Waals surface area contributed by atoms with E-state index in [9.17, 15) is 14.4 Å². The molecule has 1 fully saturated rings. The van der Waals surface area contributed by atoms with Crippen LogP contribution >= 0.6 is 0 Å². The van der Waals surface area contributed by atoms with Crippen molar-refractivity contribution in [3.63, 3.8) is 0 Å². The first-order valence-corrected chi connectivity index (χ1v) is 10.6. The highest BCUT2D eigenvalue weighted by Gasteiger charge is 2.31. The van der Waals surface area contributed by atoms with Crippen molar-refractivity contribution in [2.75, 3.05) is 19.7 Å². The Labute approximate surface area is 168 Å². The zero-order valence-electron chi connectivity index (χ0n) is 18.0. The molecule has 0 unspecified atom stereocenters. The monoisotopic (exact) mass is 390 g/mol. The minimum atomic E-state index is -0.406. The minimum absolute atomic E-state index is 0.0527. The van der Waals surface area contributed by atoms with Gasteiger partial charge in [0.05, 0.1) is 13.2 Å². The van der Waals surface area contributed by atoms with Gasteiger partial charge in [-0.15, -0.1) is 0 Å². The summed E-state index contributed by atoms with van der Waals surface area (Å²) in [5, 5.41) is 0. The Morgan fingerprint density at radius 1 is 1.11 bits per heavy atom. The molecular weight excluding hydrogens is 356 g/mol. The molecular formula is C22H34N2O4. The SMILES string of the molecule is CCCN(CC(=O)c1c(C)c(C(=O)OCC)n(CC)c1C)C(=O)C1CCCC1. The van der Waals surface area contributed by atoms with Crippen LogP contribution < -0.4 is 0 Å². The molecule has 1 heterocycles. The van der Waals surface area contributed by atoms with Gasteiger partial charge in [-0.1, -0.05) is 19.8 Å². The van der Waals surface area contributed by atoms with Crippen molar-refractivity contribution in [1.29, 1.82) is 0 Å². The molecule has 0 radical (unpaired) electrons. The fraction of sp³-hybridized carbons (Fsp3) is 0.682. The summed E-state index contributed by atoms with van der Waals surface area (Å²) in [5.74, 6) is -0.357. The summed E-state index contributed by atoms with van der Waals surface area (Å²) in [6.07, 6.45) is 4.83. The Hall–Kier alpha value is -2.11. The first-order chi connectivity index (χ1) is 13.4. The number of esters is 1. The van der Waals surface area contributed by atoms with Gasteiger partial charge in [-0.3, -0.25) is 9.59 Å². The number of hydrogen-bond acceptors (Lipinski definition) is 4. The molecule has 1 aromatic rings. The lowest BCUT2D eigenvalue weighted by Crippen LogP contribution is -2.39. The summed E-state index contributed by atoms with van der Waals surface area (Å²) in [7, 11) is 0. The van der Waals surface area contributed by atoms with Crippen LogP contribution in [0.1, 0.15) is 85.0 Å². The van der Waals surface area contributed by atoms with Crippen molar-refractivity contribution in [3.05, 3.63) is 22.5 Å². The van der Waals surface area contributed by atoms with Crippen molar-refractivity contribution in [2.24, 2.45) is 5.92 Å². The van der Waals surface area contributed by atoms with Crippen LogP contribution in [0, 0.1) is 19.8 Å². The minimum Gasteiger partial charge on any atom is -0.461 e. The molecule has 0 atom stereocenters. The molecule has 1 aromatic heterocycles. The number of rotatable bonds is 9. The van der Waals surface area contributed by atoms with Crippen LogP contribution in [0.15, 0.2) is 0 Å². The Morgan fingerprint density at radius 2 is 1.75 bits per heavy atom. The highest BCUT2D eigenvalue weighted by Crippen LogP contribution is 2.28. The van der Waals surface area contributed by atoms with Crippen LogP contribution in [0.25, 0.3) is 0 Å². The molecule has 0 aliphatic heterocycles. The van der Waals surface area contributed by atoms with E-state index >= 15 is 0 Å². The van der Waals surface area contributed by atoms with Crippen LogP contribution in [0.3, 0.4) is 0 Å². The maximum atomic E-state index is 13.2. The first-order valence-electron chi connectivity index (χ1n) is 10.6. The average Bonchev–Trinajstić information content (AvgIpc) is 3.27. The number of hydrogen-bond donors (Lipinski definition) is 0. The Bertz CT molecular complexity index is 729. The van der Waals surface area contributed by atoms with E-state index in [0.717, 1.165) is 37.8 Å². The van der Waals surface area contributed by atoms with E-state index in [2.05, 4.69) is 0 Å². The topological polar surface area (TPSA) is 68.6 Å². The van der Waals surface area contributed by atoms with Crippen LogP contribution in [0.4, 0.5) is 0 Å². The van der Waals surface area contributed by atoms with Crippen molar-refractivity contribution in [3.8, 4) is 0 Å². The van der Waals surface area contributed by atoms with Gasteiger partial charge in [-0.25, -0.2) is 4.79 Å². The molecule has 1 aliphatic carbocycles. The van der Waals surface area contributed by atoms with Crippen molar-refractivity contribution < 1.29 is 19.1 Å². The lowest BCUT2D eigenvalue weighted by atomic mass is 10.0. The molecule has 6 heteroatoms. The van der Waals surface area contributed by atoms with Crippen molar-refractivity contribution in [1.82, 2.24) is 9.47 Å². The second-order valence-electron chi connectivity index (χ2n) is 7.56. The van der Waals surface area contributed by atoms with Gasteiger partial charge in [0, 0.05) is 30.3 Å². The van der Waals surface area contributed by atoms with E-state index < -0.39 is 5.97 Å². The van der Waals surface area contributed by atoms with Gasteiger partial charge in [-0.05, 0) is 52.5 Å². The van der Waals surface area contributed by atoms with Crippen molar-refractivity contribution in [2.45, 2.75) is 73.3 Å². The average molecular weight is 391 g/mol. The summed E-state index contributed by atoms with van der Waals surface area (Å²) in [5.41, 5.74) is 2.39. The Morgan fingerprint density at radius 3 is 2.29 bits per heavy atom. The van der Waals surface area contributed by atoms with E-state index in [1.807, 2.05) is 25.3 Å². The fourth-order valence-corrected chi connectivity index (χ4v) is 4.38. The molecule has 0 saturated heterocycles. The highest BCUT2D eigenvalue weighted by molar-refractivity contribution is 6.04. The first kappa shape index (κ1) is 22.2. The zero-order valence-corrected chi connectivity index (χ0v) is 18.0.